The zero-order chi connectivity index (χ0) is 13.4. The molecule has 1 amide bonds. The molecule has 0 aromatic heterocycles. The molecule has 4 nitrogen and oxygen atoms in total. The average Bonchev–Trinajstić information content (AvgIpc) is 2.37. The van der Waals surface area contributed by atoms with Crippen LogP contribution in [0.2, 0.25) is 0 Å². The fourth-order valence-electron chi connectivity index (χ4n) is 1.48. The Morgan fingerprint density at radius 1 is 1.50 bits per heavy atom. The molecule has 0 spiro atoms. The highest BCUT2D eigenvalue weighted by Crippen LogP contribution is 2.15. The molecule has 0 saturated heterocycles. The van der Waals surface area contributed by atoms with E-state index in [9.17, 15) is 9.18 Å². The van der Waals surface area contributed by atoms with E-state index >= 15 is 0 Å². The van der Waals surface area contributed by atoms with Crippen molar-refractivity contribution in [3.05, 3.63) is 29.6 Å². The maximum atomic E-state index is 13.5. The van der Waals surface area contributed by atoms with E-state index in [4.69, 9.17) is 10.5 Å². The molecular formula is C13H19FN2O2. The summed E-state index contributed by atoms with van der Waals surface area (Å²) in [6.45, 7) is 3.35. The van der Waals surface area contributed by atoms with Crippen LogP contribution in [0.4, 0.5) is 10.1 Å². The molecule has 5 heteroatoms. The van der Waals surface area contributed by atoms with Gasteiger partial charge in [-0.25, -0.2) is 4.39 Å². The van der Waals surface area contributed by atoms with Crippen molar-refractivity contribution in [3.63, 3.8) is 0 Å². The summed E-state index contributed by atoms with van der Waals surface area (Å²) in [7, 11) is 0. The molecule has 0 heterocycles. The Labute approximate surface area is 106 Å². The van der Waals surface area contributed by atoms with Crippen LogP contribution in [0.15, 0.2) is 18.2 Å². The molecule has 3 N–H and O–H groups in total. The van der Waals surface area contributed by atoms with Gasteiger partial charge in [-0.05, 0) is 31.0 Å². The standard InChI is InChI=1S/C13H19FN2O2/c1-2-18-7-3-4-13(17)16-12-6-5-10(9-15)8-11(12)14/h5-6,8H,2-4,7,9,15H2,1H3,(H,16,17). The van der Waals surface area contributed by atoms with Crippen molar-refractivity contribution in [2.24, 2.45) is 5.73 Å². The van der Waals surface area contributed by atoms with Crippen LogP contribution >= 0.6 is 0 Å². The molecule has 0 aliphatic heterocycles. The van der Waals surface area contributed by atoms with E-state index in [1.165, 1.54) is 12.1 Å². The molecule has 0 bridgehead atoms. The monoisotopic (exact) mass is 254 g/mol. The van der Waals surface area contributed by atoms with Crippen LogP contribution in [0.1, 0.15) is 25.3 Å². The summed E-state index contributed by atoms with van der Waals surface area (Å²) in [6.07, 6.45) is 0.945. The quantitative estimate of drug-likeness (QED) is 0.732. The SMILES string of the molecule is CCOCCCC(=O)Nc1ccc(CN)cc1F. The van der Waals surface area contributed by atoms with Gasteiger partial charge < -0.3 is 15.8 Å². The lowest BCUT2D eigenvalue weighted by atomic mass is 10.2. The second-order valence-electron chi connectivity index (χ2n) is 3.87. The van der Waals surface area contributed by atoms with Gasteiger partial charge in [-0.2, -0.15) is 0 Å². The van der Waals surface area contributed by atoms with E-state index in [2.05, 4.69) is 5.32 Å². The minimum Gasteiger partial charge on any atom is -0.382 e. The van der Waals surface area contributed by atoms with Gasteiger partial charge >= 0.3 is 0 Å². The Kier molecular flexibility index (Phi) is 6.32. The number of carbonyl (C=O) groups is 1. The number of anilines is 1. The first kappa shape index (κ1) is 14.6. The van der Waals surface area contributed by atoms with Crippen molar-refractivity contribution in [2.75, 3.05) is 18.5 Å². The van der Waals surface area contributed by atoms with Crippen LogP contribution < -0.4 is 11.1 Å². The first-order chi connectivity index (χ1) is 8.67. The zero-order valence-corrected chi connectivity index (χ0v) is 10.5. The maximum Gasteiger partial charge on any atom is 0.224 e. The third kappa shape index (κ3) is 4.81. The van der Waals surface area contributed by atoms with Crippen LogP contribution in [0, 0.1) is 5.82 Å². The number of benzene rings is 1. The average molecular weight is 254 g/mol. The molecule has 0 aliphatic rings. The summed E-state index contributed by atoms with van der Waals surface area (Å²) in [5.74, 6) is -0.676. The van der Waals surface area contributed by atoms with Gasteiger partial charge in [0.15, 0.2) is 0 Å². The minimum absolute atomic E-state index is 0.189. The minimum atomic E-state index is -0.462. The van der Waals surface area contributed by atoms with Gasteiger partial charge in [-0.1, -0.05) is 6.07 Å². The number of rotatable bonds is 7. The van der Waals surface area contributed by atoms with Gasteiger partial charge in [0.25, 0.3) is 0 Å². The van der Waals surface area contributed by atoms with Crippen LogP contribution in [0.5, 0.6) is 0 Å². The first-order valence-electron chi connectivity index (χ1n) is 6.03. The molecule has 1 aromatic rings. The molecule has 0 unspecified atom stereocenters. The summed E-state index contributed by atoms with van der Waals surface area (Å²) in [6, 6.07) is 4.55. The van der Waals surface area contributed by atoms with Crippen molar-refractivity contribution in [3.8, 4) is 0 Å². The molecule has 0 saturated carbocycles. The molecule has 1 rings (SSSR count). The largest absolute Gasteiger partial charge is 0.382 e. The number of hydrogen-bond acceptors (Lipinski definition) is 3. The van der Waals surface area contributed by atoms with Crippen LogP contribution in [0.25, 0.3) is 0 Å². The van der Waals surface area contributed by atoms with E-state index in [0.717, 1.165) is 0 Å². The summed E-state index contributed by atoms with van der Waals surface area (Å²) in [4.78, 5) is 11.5. The van der Waals surface area contributed by atoms with Gasteiger partial charge in [-0.15, -0.1) is 0 Å². The van der Waals surface area contributed by atoms with E-state index in [-0.39, 0.29) is 18.1 Å². The van der Waals surface area contributed by atoms with Crippen LogP contribution in [-0.4, -0.2) is 19.1 Å². The van der Waals surface area contributed by atoms with Gasteiger partial charge in [0, 0.05) is 26.2 Å². The molecular weight excluding hydrogens is 235 g/mol. The fourth-order valence-corrected chi connectivity index (χ4v) is 1.48. The maximum absolute atomic E-state index is 13.5. The van der Waals surface area contributed by atoms with Crippen LogP contribution in [-0.2, 0) is 16.1 Å². The van der Waals surface area contributed by atoms with Crippen molar-refractivity contribution in [1.29, 1.82) is 0 Å². The normalized spacial score (nSPS) is 10.4. The Balaban J connectivity index is 2.44. The Bertz CT molecular complexity index is 397. The summed E-state index contributed by atoms with van der Waals surface area (Å²) >= 11 is 0. The topological polar surface area (TPSA) is 64.3 Å². The fraction of sp³-hybridized carbons (Fsp3) is 0.462. The lowest BCUT2D eigenvalue weighted by Gasteiger charge is -2.07. The highest BCUT2D eigenvalue weighted by Gasteiger charge is 2.07. The number of nitrogens with one attached hydrogen (secondary N) is 1. The molecule has 0 aliphatic carbocycles. The second-order valence-corrected chi connectivity index (χ2v) is 3.87. The van der Waals surface area contributed by atoms with Crippen LogP contribution in [0.3, 0.4) is 0 Å². The van der Waals surface area contributed by atoms with Crippen molar-refractivity contribution in [2.45, 2.75) is 26.3 Å². The lowest BCUT2D eigenvalue weighted by Crippen LogP contribution is -2.13. The molecule has 0 radical (unpaired) electrons. The predicted molar refractivity (Wildman–Crippen MR) is 68.6 cm³/mol. The van der Waals surface area contributed by atoms with Gasteiger partial charge in [0.1, 0.15) is 5.82 Å². The predicted octanol–water partition coefficient (Wildman–Crippen LogP) is 2.04. The Hall–Kier alpha value is -1.46. The summed E-state index contributed by atoms with van der Waals surface area (Å²) < 4.78 is 18.7. The number of amides is 1. The number of hydrogen-bond donors (Lipinski definition) is 2. The highest BCUT2D eigenvalue weighted by molar-refractivity contribution is 5.90. The van der Waals surface area contributed by atoms with E-state index in [1.807, 2.05) is 6.92 Å². The van der Waals surface area contributed by atoms with Gasteiger partial charge in [-0.3, -0.25) is 4.79 Å². The Morgan fingerprint density at radius 3 is 2.89 bits per heavy atom. The summed E-state index contributed by atoms with van der Waals surface area (Å²) in [5, 5.41) is 2.53. The third-order valence-electron chi connectivity index (χ3n) is 2.44. The second kappa shape index (κ2) is 7.79. The van der Waals surface area contributed by atoms with E-state index < -0.39 is 5.82 Å². The van der Waals surface area contributed by atoms with Gasteiger partial charge in [0.05, 0.1) is 5.69 Å². The summed E-state index contributed by atoms with van der Waals surface area (Å²) in [5.41, 5.74) is 6.28. The molecule has 100 valence electrons. The molecule has 18 heavy (non-hydrogen) atoms. The smallest absolute Gasteiger partial charge is 0.224 e. The van der Waals surface area contributed by atoms with E-state index in [1.54, 1.807) is 6.07 Å². The Morgan fingerprint density at radius 2 is 2.28 bits per heavy atom. The molecule has 0 atom stereocenters. The zero-order valence-electron chi connectivity index (χ0n) is 10.5. The molecule has 0 fully saturated rings. The number of nitrogens with two attached hydrogens (primary N) is 1. The first-order valence-corrected chi connectivity index (χ1v) is 6.03. The molecule has 1 aromatic carbocycles. The number of carbonyl (C=O) groups excluding carboxylic acids is 1. The van der Waals surface area contributed by atoms with Crippen molar-refractivity contribution in [1.82, 2.24) is 0 Å². The van der Waals surface area contributed by atoms with Crippen molar-refractivity contribution >= 4 is 11.6 Å². The number of halogens is 1. The van der Waals surface area contributed by atoms with Crippen molar-refractivity contribution < 1.29 is 13.9 Å². The number of ether oxygens (including phenoxy) is 1. The van der Waals surface area contributed by atoms with E-state index in [0.29, 0.717) is 31.6 Å². The highest BCUT2D eigenvalue weighted by atomic mass is 19.1. The van der Waals surface area contributed by atoms with Gasteiger partial charge in [0.2, 0.25) is 5.91 Å². The third-order valence-corrected chi connectivity index (χ3v) is 2.44. The lowest BCUT2D eigenvalue weighted by molar-refractivity contribution is -0.116.